The predicted molar refractivity (Wildman–Crippen MR) is 103 cm³/mol. The van der Waals surface area contributed by atoms with Gasteiger partial charge in [0.1, 0.15) is 17.8 Å². The van der Waals surface area contributed by atoms with Crippen molar-refractivity contribution in [3.63, 3.8) is 0 Å². The summed E-state index contributed by atoms with van der Waals surface area (Å²) in [7, 11) is 0. The Morgan fingerprint density at radius 1 is 1.17 bits per heavy atom. The smallest absolute Gasteiger partial charge is 0.335 e. The number of pyridine rings is 1. The number of aromatic carboxylic acids is 1. The van der Waals surface area contributed by atoms with Crippen molar-refractivity contribution in [2.24, 2.45) is 0 Å². The zero-order chi connectivity index (χ0) is 20.4. The number of benzene rings is 1. The lowest BCUT2D eigenvalue weighted by molar-refractivity contribution is 0.0697. The molecule has 2 N–H and O–H groups in total. The molecule has 0 spiro atoms. The zero-order valence-corrected chi connectivity index (χ0v) is 15.3. The van der Waals surface area contributed by atoms with E-state index in [1.165, 1.54) is 30.5 Å². The van der Waals surface area contributed by atoms with E-state index in [-0.39, 0.29) is 30.6 Å². The number of halogens is 2. The Bertz CT molecular complexity index is 1040. The van der Waals surface area contributed by atoms with Crippen LogP contribution in [0.15, 0.2) is 54.7 Å². The van der Waals surface area contributed by atoms with Crippen molar-refractivity contribution in [2.45, 2.75) is 24.4 Å². The van der Waals surface area contributed by atoms with Crippen LogP contribution in [-0.4, -0.2) is 39.0 Å². The summed E-state index contributed by atoms with van der Waals surface area (Å²) in [5.74, 6) is -1.00. The molecule has 3 aromatic rings. The molecule has 0 unspecified atom stereocenters. The number of alkyl halides is 1. The quantitative estimate of drug-likeness (QED) is 0.658. The molecule has 148 valence electrons. The van der Waals surface area contributed by atoms with E-state index >= 15 is 0 Å². The number of hydrogen-bond donors (Lipinski definition) is 2. The zero-order valence-electron chi connectivity index (χ0n) is 15.3. The summed E-state index contributed by atoms with van der Waals surface area (Å²) in [4.78, 5) is 15.2. The molecule has 29 heavy (non-hydrogen) atoms. The molecule has 1 fully saturated rings. The predicted octanol–water partition coefficient (Wildman–Crippen LogP) is 3.86. The molecule has 1 aromatic carbocycles. The fourth-order valence-corrected chi connectivity index (χ4v) is 3.64. The molecule has 0 atom stereocenters. The minimum atomic E-state index is -1.02. The monoisotopic (exact) mass is 396 g/mol. The van der Waals surface area contributed by atoms with Crippen molar-refractivity contribution >= 4 is 11.8 Å². The maximum Gasteiger partial charge on any atom is 0.335 e. The van der Waals surface area contributed by atoms with Crippen LogP contribution in [0.25, 0.3) is 11.3 Å². The molecule has 6 nitrogen and oxygen atoms in total. The van der Waals surface area contributed by atoms with Gasteiger partial charge in [-0.1, -0.05) is 12.1 Å². The number of carbonyl (C=O) groups is 1. The van der Waals surface area contributed by atoms with Crippen LogP contribution < -0.4 is 5.32 Å². The maximum atomic E-state index is 14.2. The number of nitrogens with zero attached hydrogens (tertiary/aromatic N) is 3. The Hall–Kier alpha value is -3.42. The summed E-state index contributed by atoms with van der Waals surface area (Å²) in [6.07, 6.45) is 0.919. The average Bonchev–Trinajstić information content (AvgIpc) is 2.71. The summed E-state index contributed by atoms with van der Waals surface area (Å²) < 4.78 is 27.8. The van der Waals surface area contributed by atoms with E-state index in [1.807, 2.05) is 0 Å². The average molecular weight is 396 g/mol. The van der Waals surface area contributed by atoms with Crippen molar-refractivity contribution in [3.05, 3.63) is 71.8 Å². The Kier molecular flexibility index (Phi) is 4.92. The molecule has 2 heterocycles. The van der Waals surface area contributed by atoms with Crippen molar-refractivity contribution < 1.29 is 18.7 Å². The van der Waals surface area contributed by atoms with Gasteiger partial charge in [0.15, 0.2) is 0 Å². The van der Waals surface area contributed by atoms with E-state index < -0.39 is 23.4 Å². The molecule has 0 aliphatic heterocycles. The van der Waals surface area contributed by atoms with E-state index in [0.29, 0.717) is 17.1 Å². The van der Waals surface area contributed by atoms with Crippen LogP contribution >= 0.6 is 0 Å². The fourth-order valence-electron chi connectivity index (χ4n) is 3.64. The molecular formula is C21H18F2N4O2. The van der Waals surface area contributed by atoms with Gasteiger partial charge in [-0.3, -0.25) is 4.98 Å². The van der Waals surface area contributed by atoms with Gasteiger partial charge < -0.3 is 10.4 Å². The highest BCUT2D eigenvalue weighted by atomic mass is 19.1. The third-order valence-electron chi connectivity index (χ3n) is 5.16. The number of anilines is 1. The lowest BCUT2D eigenvalue weighted by Crippen LogP contribution is -2.49. The maximum absolute atomic E-state index is 14.2. The minimum absolute atomic E-state index is 0.164. The second-order valence-corrected chi connectivity index (χ2v) is 7.16. The van der Waals surface area contributed by atoms with Crippen LogP contribution in [0.2, 0.25) is 0 Å². The first kappa shape index (κ1) is 18.9. The highest BCUT2D eigenvalue weighted by Gasteiger charge is 2.48. The Balaban J connectivity index is 1.50. The molecule has 0 amide bonds. The molecular weight excluding hydrogens is 378 g/mol. The second kappa shape index (κ2) is 7.54. The van der Waals surface area contributed by atoms with E-state index in [1.54, 1.807) is 24.3 Å². The number of aromatic nitrogens is 3. The third kappa shape index (κ3) is 3.78. The van der Waals surface area contributed by atoms with Crippen LogP contribution in [0.4, 0.5) is 14.6 Å². The van der Waals surface area contributed by atoms with Crippen LogP contribution in [0.3, 0.4) is 0 Å². The van der Waals surface area contributed by atoms with Gasteiger partial charge in [-0.15, -0.1) is 10.2 Å². The van der Waals surface area contributed by atoms with Gasteiger partial charge in [0.25, 0.3) is 0 Å². The molecule has 1 aliphatic carbocycles. The number of carboxylic acids is 1. The van der Waals surface area contributed by atoms with Crippen molar-refractivity contribution in [2.75, 3.05) is 11.9 Å². The lowest BCUT2D eigenvalue weighted by atomic mass is 9.65. The summed E-state index contributed by atoms with van der Waals surface area (Å²) >= 11 is 0. The van der Waals surface area contributed by atoms with E-state index in [2.05, 4.69) is 20.5 Å². The van der Waals surface area contributed by atoms with Gasteiger partial charge in [-0.25, -0.2) is 13.6 Å². The van der Waals surface area contributed by atoms with Gasteiger partial charge in [0.05, 0.1) is 17.0 Å². The van der Waals surface area contributed by atoms with Gasteiger partial charge >= 0.3 is 5.97 Å². The van der Waals surface area contributed by atoms with E-state index in [4.69, 9.17) is 5.11 Å². The van der Waals surface area contributed by atoms with Crippen LogP contribution in [0.5, 0.6) is 0 Å². The summed E-state index contributed by atoms with van der Waals surface area (Å²) in [5, 5.41) is 20.4. The van der Waals surface area contributed by atoms with Crippen LogP contribution in [0, 0.1) is 5.82 Å². The molecule has 0 saturated heterocycles. The normalized spacial score (nSPS) is 20.7. The minimum Gasteiger partial charge on any atom is -0.478 e. The fraction of sp³-hybridized carbons (Fsp3) is 0.238. The molecule has 1 aliphatic rings. The largest absolute Gasteiger partial charge is 0.478 e. The first-order chi connectivity index (χ1) is 14.0. The Morgan fingerprint density at radius 2 is 2.00 bits per heavy atom. The highest BCUT2D eigenvalue weighted by molar-refractivity contribution is 5.89. The number of rotatable bonds is 6. The van der Waals surface area contributed by atoms with Gasteiger partial charge in [0, 0.05) is 23.7 Å². The summed E-state index contributed by atoms with van der Waals surface area (Å²) in [5.41, 5.74) is 0.862. The van der Waals surface area contributed by atoms with Gasteiger partial charge in [-0.05, 0) is 49.2 Å². The molecule has 1 saturated carbocycles. The van der Waals surface area contributed by atoms with Crippen molar-refractivity contribution in [1.82, 2.24) is 15.2 Å². The topological polar surface area (TPSA) is 88.0 Å². The molecule has 4 rings (SSSR count). The third-order valence-corrected chi connectivity index (χ3v) is 5.16. The Labute approximate surface area is 165 Å². The number of carboxylic acid groups (broad SMARTS) is 1. The molecule has 2 aromatic heterocycles. The van der Waals surface area contributed by atoms with Crippen molar-refractivity contribution in [1.29, 1.82) is 0 Å². The highest BCUT2D eigenvalue weighted by Crippen LogP contribution is 2.45. The van der Waals surface area contributed by atoms with Crippen LogP contribution in [-0.2, 0) is 5.41 Å². The second-order valence-electron chi connectivity index (χ2n) is 7.16. The van der Waals surface area contributed by atoms with E-state index in [9.17, 15) is 13.6 Å². The summed E-state index contributed by atoms with van der Waals surface area (Å²) in [6, 6.07) is 12.7. The van der Waals surface area contributed by atoms with Crippen LogP contribution in [0.1, 0.15) is 28.9 Å². The Morgan fingerprint density at radius 3 is 2.66 bits per heavy atom. The SMILES string of the molecule is O=C(O)c1cccc(-c2ccc(NC[C@]3(c4ncccc4F)C[C@H](F)C3)nn2)c1. The first-order valence-electron chi connectivity index (χ1n) is 9.13. The molecule has 0 radical (unpaired) electrons. The van der Waals surface area contributed by atoms with Crippen molar-refractivity contribution in [3.8, 4) is 11.3 Å². The standard InChI is InChI=1S/C21H18F2N4O2/c22-15-10-21(11-15,19-16(23)5-2-8-24-19)12-25-18-7-6-17(26-27-18)13-3-1-4-14(9-13)20(28)29/h1-9,15H,10-12H2,(H,25,27)(H,28,29)/t15-,21-. The molecule has 8 heteroatoms. The molecule has 0 bridgehead atoms. The lowest BCUT2D eigenvalue weighted by Gasteiger charge is -2.44. The van der Waals surface area contributed by atoms with Gasteiger partial charge in [-0.2, -0.15) is 0 Å². The summed E-state index contributed by atoms with van der Waals surface area (Å²) in [6.45, 7) is 0.282. The van der Waals surface area contributed by atoms with Gasteiger partial charge in [0.2, 0.25) is 0 Å². The number of hydrogen-bond acceptors (Lipinski definition) is 5. The van der Waals surface area contributed by atoms with E-state index in [0.717, 1.165) is 0 Å². The number of nitrogens with one attached hydrogen (secondary N) is 1. The first-order valence-corrected chi connectivity index (χ1v) is 9.13.